The van der Waals surface area contributed by atoms with Crippen LogP contribution in [0.4, 0.5) is 0 Å². The van der Waals surface area contributed by atoms with Gasteiger partial charge < -0.3 is 0 Å². The molecular formula is C18H14N2O4S. The molecule has 0 unspecified atom stereocenters. The van der Waals surface area contributed by atoms with E-state index in [-0.39, 0.29) is 16.2 Å². The lowest BCUT2D eigenvalue weighted by Gasteiger charge is -2.06. The monoisotopic (exact) mass is 354 g/mol. The molecule has 2 aromatic rings. The molecule has 0 aromatic heterocycles. The highest BCUT2D eigenvalue weighted by Gasteiger charge is 2.17. The van der Waals surface area contributed by atoms with Gasteiger partial charge in [0.25, 0.3) is 15.9 Å². The van der Waals surface area contributed by atoms with Gasteiger partial charge in [0.2, 0.25) is 0 Å². The van der Waals surface area contributed by atoms with Crippen molar-refractivity contribution in [1.82, 2.24) is 4.72 Å². The van der Waals surface area contributed by atoms with Crippen molar-refractivity contribution in [2.45, 2.75) is 11.8 Å². The van der Waals surface area contributed by atoms with Crippen LogP contribution in [0.2, 0.25) is 0 Å². The molecule has 126 valence electrons. The molecule has 0 heterocycles. The van der Waals surface area contributed by atoms with Crippen LogP contribution in [-0.4, -0.2) is 20.1 Å². The molecule has 0 aliphatic heterocycles. The van der Waals surface area contributed by atoms with E-state index in [1.807, 2.05) is 10.8 Å². The molecule has 25 heavy (non-hydrogen) atoms. The molecule has 0 atom stereocenters. The summed E-state index contributed by atoms with van der Waals surface area (Å²) in [6.07, 6.45) is 2.46. The van der Waals surface area contributed by atoms with E-state index in [0.717, 1.165) is 6.08 Å². The molecule has 0 saturated heterocycles. The number of nitrogens with one attached hydrogen (secondary N) is 1. The minimum absolute atomic E-state index is 0.173. The Morgan fingerprint density at radius 2 is 1.84 bits per heavy atom. The normalized spacial score (nSPS) is 11.0. The van der Waals surface area contributed by atoms with Crippen molar-refractivity contribution < 1.29 is 18.0 Å². The van der Waals surface area contributed by atoms with Crippen molar-refractivity contribution in [3.8, 4) is 6.07 Å². The van der Waals surface area contributed by atoms with Crippen LogP contribution in [0, 0.1) is 11.3 Å². The van der Waals surface area contributed by atoms with Crippen molar-refractivity contribution in [2.75, 3.05) is 0 Å². The first-order valence-electron chi connectivity index (χ1n) is 7.18. The number of nitrogens with zero attached hydrogens (tertiary/aromatic N) is 1. The number of benzene rings is 2. The predicted molar refractivity (Wildman–Crippen MR) is 92.0 cm³/mol. The maximum Gasteiger partial charge on any atom is 0.264 e. The zero-order valence-corrected chi connectivity index (χ0v) is 14.1. The molecule has 1 amide bonds. The van der Waals surface area contributed by atoms with Crippen molar-refractivity contribution in [3.05, 3.63) is 71.3 Å². The van der Waals surface area contributed by atoms with Gasteiger partial charge in [0.15, 0.2) is 5.78 Å². The predicted octanol–water partition coefficient (Wildman–Crippen LogP) is 2.28. The van der Waals surface area contributed by atoms with Gasteiger partial charge in [0, 0.05) is 11.6 Å². The summed E-state index contributed by atoms with van der Waals surface area (Å²) in [5.41, 5.74) is 1.25. The Balaban J connectivity index is 2.16. The van der Waals surface area contributed by atoms with Gasteiger partial charge in [0.05, 0.1) is 16.5 Å². The third-order valence-electron chi connectivity index (χ3n) is 3.23. The van der Waals surface area contributed by atoms with Gasteiger partial charge in [-0.2, -0.15) is 5.26 Å². The highest BCUT2D eigenvalue weighted by atomic mass is 32.2. The van der Waals surface area contributed by atoms with Crippen LogP contribution in [-0.2, 0) is 14.8 Å². The first-order chi connectivity index (χ1) is 11.8. The smallest absolute Gasteiger partial charge is 0.264 e. The lowest BCUT2D eigenvalue weighted by Crippen LogP contribution is -2.29. The van der Waals surface area contributed by atoms with E-state index in [4.69, 9.17) is 5.26 Å². The summed E-state index contributed by atoms with van der Waals surface area (Å²) in [5.74, 6) is -1.11. The Morgan fingerprint density at radius 1 is 1.12 bits per heavy atom. The molecule has 0 aliphatic rings. The molecule has 0 bridgehead atoms. The second kappa shape index (κ2) is 7.55. The first kappa shape index (κ1) is 18.1. The minimum Gasteiger partial charge on any atom is -0.295 e. The average molecular weight is 354 g/mol. The quantitative estimate of drug-likeness (QED) is 0.655. The minimum atomic E-state index is -4.09. The van der Waals surface area contributed by atoms with E-state index in [2.05, 4.69) is 0 Å². The topological polar surface area (TPSA) is 104 Å². The largest absolute Gasteiger partial charge is 0.295 e. The van der Waals surface area contributed by atoms with Crippen molar-refractivity contribution in [3.63, 3.8) is 0 Å². The van der Waals surface area contributed by atoms with Crippen LogP contribution in [0.25, 0.3) is 6.08 Å². The van der Waals surface area contributed by atoms with Crippen LogP contribution in [0.1, 0.15) is 28.4 Å². The summed E-state index contributed by atoms with van der Waals surface area (Å²) < 4.78 is 26.3. The summed E-state index contributed by atoms with van der Waals surface area (Å²) in [6, 6.07) is 13.9. The molecule has 0 saturated carbocycles. The van der Waals surface area contributed by atoms with Crippen molar-refractivity contribution >= 4 is 27.8 Å². The van der Waals surface area contributed by atoms with Gasteiger partial charge in [-0.05, 0) is 42.8 Å². The van der Waals surface area contributed by atoms with Gasteiger partial charge in [-0.1, -0.05) is 24.3 Å². The fourth-order valence-corrected chi connectivity index (χ4v) is 2.98. The van der Waals surface area contributed by atoms with Gasteiger partial charge in [-0.15, -0.1) is 0 Å². The van der Waals surface area contributed by atoms with E-state index >= 15 is 0 Å². The lowest BCUT2D eigenvalue weighted by atomic mass is 10.1. The standard InChI is InChI=1S/C18H14N2O4S/c1-13(21)16-6-3-7-17(11-16)25(23,24)20-18(22)9-8-14-4-2-5-15(10-14)12-19/h2-11H,1H3,(H,20,22). The molecule has 0 spiro atoms. The maximum atomic E-state index is 12.2. The lowest BCUT2D eigenvalue weighted by molar-refractivity contribution is -0.114. The second-order valence-corrected chi connectivity index (χ2v) is 6.81. The number of carbonyl (C=O) groups is 2. The number of rotatable bonds is 5. The number of carbonyl (C=O) groups excluding carboxylic acids is 2. The average Bonchev–Trinajstić information content (AvgIpc) is 2.60. The molecular weight excluding hydrogens is 340 g/mol. The molecule has 0 fully saturated rings. The number of amides is 1. The molecule has 2 rings (SSSR count). The zero-order chi connectivity index (χ0) is 18.4. The van der Waals surface area contributed by atoms with Crippen LogP contribution in [0.15, 0.2) is 59.5 Å². The third kappa shape index (κ3) is 4.86. The van der Waals surface area contributed by atoms with Crippen LogP contribution in [0.5, 0.6) is 0 Å². The Kier molecular flexibility index (Phi) is 5.47. The van der Waals surface area contributed by atoms with E-state index in [1.165, 1.54) is 37.3 Å². The summed E-state index contributed by atoms with van der Waals surface area (Å²) >= 11 is 0. The second-order valence-electron chi connectivity index (χ2n) is 5.12. The summed E-state index contributed by atoms with van der Waals surface area (Å²) in [7, 11) is -4.09. The number of sulfonamides is 1. The summed E-state index contributed by atoms with van der Waals surface area (Å²) in [4.78, 5) is 23.0. The Bertz CT molecular complexity index is 1000. The Labute approximate surface area is 145 Å². The van der Waals surface area contributed by atoms with Crippen LogP contribution >= 0.6 is 0 Å². The van der Waals surface area contributed by atoms with E-state index in [1.54, 1.807) is 24.3 Å². The molecule has 6 nitrogen and oxygen atoms in total. The van der Waals surface area contributed by atoms with E-state index in [0.29, 0.717) is 11.1 Å². The third-order valence-corrected chi connectivity index (χ3v) is 4.57. The van der Waals surface area contributed by atoms with Crippen molar-refractivity contribution in [2.24, 2.45) is 0 Å². The highest BCUT2D eigenvalue weighted by Crippen LogP contribution is 2.12. The summed E-state index contributed by atoms with van der Waals surface area (Å²) in [5, 5.41) is 8.82. The van der Waals surface area contributed by atoms with Crippen LogP contribution < -0.4 is 4.72 Å². The number of ketones is 1. The number of hydrogen-bond donors (Lipinski definition) is 1. The van der Waals surface area contributed by atoms with E-state index in [9.17, 15) is 18.0 Å². The van der Waals surface area contributed by atoms with E-state index < -0.39 is 15.9 Å². The molecule has 0 aliphatic carbocycles. The molecule has 0 radical (unpaired) electrons. The van der Waals surface area contributed by atoms with Gasteiger partial charge >= 0.3 is 0 Å². The molecule has 7 heteroatoms. The van der Waals surface area contributed by atoms with Gasteiger partial charge in [-0.25, -0.2) is 13.1 Å². The Hall–Kier alpha value is -3.24. The Morgan fingerprint density at radius 3 is 2.52 bits per heavy atom. The van der Waals surface area contributed by atoms with Crippen LogP contribution in [0.3, 0.4) is 0 Å². The first-order valence-corrected chi connectivity index (χ1v) is 8.66. The number of nitriles is 1. The zero-order valence-electron chi connectivity index (χ0n) is 13.3. The summed E-state index contributed by atoms with van der Waals surface area (Å²) in [6.45, 7) is 1.32. The maximum absolute atomic E-state index is 12.2. The SMILES string of the molecule is CC(=O)c1cccc(S(=O)(=O)NC(=O)C=Cc2cccc(C#N)c2)c1. The van der Waals surface area contributed by atoms with Gasteiger partial charge in [-0.3, -0.25) is 9.59 Å². The fraction of sp³-hybridized carbons (Fsp3) is 0.0556. The highest BCUT2D eigenvalue weighted by molar-refractivity contribution is 7.90. The molecule has 2 aromatic carbocycles. The molecule has 1 N–H and O–H groups in total. The number of Topliss-reactive ketones (excluding diaryl/α,β-unsaturated/α-hetero) is 1. The van der Waals surface area contributed by atoms with Gasteiger partial charge in [0.1, 0.15) is 0 Å². The fourth-order valence-electron chi connectivity index (χ4n) is 1.99. The van der Waals surface area contributed by atoms with Crippen molar-refractivity contribution in [1.29, 1.82) is 5.26 Å². The number of hydrogen-bond acceptors (Lipinski definition) is 5.